The van der Waals surface area contributed by atoms with Crippen molar-refractivity contribution >= 4 is 27.3 Å². The number of amides is 1. The SMILES string of the molecule is COCCNC(=O)CCNc1ccc(S(N)(=O)=O)cc1N. The molecule has 6 N–H and O–H groups in total. The lowest BCUT2D eigenvalue weighted by Gasteiger charge is -2.10. The molecule has 0 aliphatic rings. The molecule has 1 aromatic carbocycles. The maximum atomic E-state index is 11.4. The van der Waals surface area contributed by atoms with Gasteiger partial charge in [0, 0.05) is 26.6 Å². The van der Waals surface area contributed by atoms with Crippen molar-refractivity contribution in [3.8, 4) is 0 Å². The molecule has 0 saturated heterocycles. The number of benzene rings is 1. The molecule has 9 heteroatoms. The van der Waals surface area contributed by atoms with Crippen LogP contribution in [-0.2, 0) is 19.6 Å². The normalized spacial score (nSPS) is 11.1. The van der Waals surface area contributed by atoms with Crippen LogP contribution in [0.5, 0.6) is 0 Å². The van der Waals surface area contributed by atoms with Crippen LogP contribution in [-0.4, -0.2) is 41.1 Å². The summed E-state index contributed by atoms with van der Waals surface area (Å²) in [6.45, 7) is 1.29. The summed E-state index contributed by atoms with van der Waals surface area (Å²) >= 11 is 0. The van der Waals surface area contributed by atoms with Crippen LogP contribution < -0.4 is 21.5 Å². The van der Waals surface area contributed by atoms with E-state index in [1.807, 2.05) is 0 Å². The minimum absolute atomic E-state index is 0.0529. The number of carbonyl (C=O) groups is 1. The molecule has 1 amide bonds. The van der Waals surface area contributed by atoms with Gasteiger partial charge in [-0.3, -0.25) is 4.79 Å². The highest BCUT2D eigenvalue weighted by Crippen LogP contribution is 2.21. The molecule has 0 aliphatic carbocycles. The number of carbonyl (C=O) groups excluding carboxylic acids is 1. The monoisotopic (exact) mass is 316 g/mol. The molecule has 21 heavy (non-hydrogen) atoms. The van der Waals surface area contributed by atoms with Crippen molar-refractivity contribution in [1.29, 1.82) is 0 Å². The Morgan fingerprint density at radius 3 is 2.62 bits per heavy atom. The fourth-order valence-electron chi connectivity index (χ4n) is 1.57. The second-order valence-corrected chi connectivity index (χ2v) is 5.88. The number of nitrogens with two attached hydrogens (primary N) is 2. The number of nitrogens with one attached hydrogen (secondary N) is 2. The Bertz CT molecular complexity index is 589. The van der Waals surface area contributed by atoms with Crippen molar-refractivity contribution in [3.05, 3.63) is 18.2 Å². The molecule has 0 fully saturated rings. The summed E-state index contributed by atoms with van der Waals surface area (Å²) < 4.78 is 27.1. The standard InChI is InChI=1S/C12H20N4O4S/c1-20-7-6-16-12(17)4-5-15-11-3-2-9(8-10(11)13)21(14,18)19/h2-3,8,15H,4-7,13H2,1H3,(H,16,17)(H2,14,18,19). The summed E-state index contributed by atoms with van der Waals surface area (Å²) in [5, 5.41) is 10.6. The second-order valence-electron chi connectivity index (χ2n) is 4.31. The van der Waals surface area contributed by atoms with Crippen LogP contribution in [0, 0.1) is 0 Å². The minimum Gasteiger partial charge on any atom is -0.397 e. The number of methoxy groups -OCH3 is 1. The van der Waals surface area contributed by atoms with Crippen LogP contribution in [0.1, 0.15) is 6.42 Å². The van der Waals surface area contributed by atoms with Gasteiger partial charge < -0.3 is 21.1 Å². The van der Waals surface area contributed by atoms with Gasteiger partial charge in [-0.2, -0.15) is 0 Å². The molecule has 1 aromatic rings. The van der Waals surface area contributed by atoms with E-state index in [1.54, 1.807) is 7.11 Å². The molecule has 0 aromatic heterocycles. The molecule has 8 nitrogen and oxygen atoms in total. The number of ether oxygens (including phenoxy) is 1. The van der Waals surface area contributed by atoms with Crippen LogP contribution >= 0.6 is 0 Å². The zero-order valence-corrected chi connectivity index (χ0v) is 12.6. The first-order chi connectivity index (χ1) is 9.84. The van der Waals surface area contributed by atoms with Gasteiger partial charge in [-0.15, -0.1) is 0 Å². The number of nitrogen functional groups attached to an aromatic ring is 1. The van der Waals surface area contributed by atoms with E-state index < -0.39 is 10.0 Å². The Hall–Kier alpha value is -1.84. The zero-order chi connectivity index (χ0) is 15.9. The van der Waals surface area contributed by atoms with Crippen molar-refractivity contribution in [3.63, 3.8) is 0 Å². The quantitative estimate of drug-likeness (QED) is 0.376. The molecule has 1 rings (SSSR count). The maximum absolute atomic E-state index is 11.4. The van der Waals surface area contributed by atoms with E-state index in [1.165, 1.54) is 18.2 Å². The van der Waals surface area contributed by atoms with Gasteiger partial charge in [0.1, 0.15) is 0 Å². The van der Waals surface area contributed by atoms with Crippen molar-refractivity contribution in [2.75, 3.05) is 37.9 Å². The van der Waals surface area contributed by atoms with Gasteiger partial charge >= 0.3 is 0 Å². The number of primary sulfonamides is 1. The number of sulfonamides is 1. The molecule has 0 atom stereocenters. The Labute approximate surface area is 123 Å². The number of rotatable bonds is 8. The summed E-state index contributed by atoms with van der Waals surface area (Å²) in [6.07, 6.45) is 0.264. The molecule has 0 aliphatic heterocycles. The van der Waals surface area contributed by atoms with Gasteiger partial charge in [-0.05, 0) is 18.2 Å². The largest absolute Gasteiger partial charge is 0.397 e. The lowest BCUT2D eigenvalue weighted by Crippen LogP contribution is -2.28. The lowest BCUT2D eigenvalue weighted by atomic mass is 10.2. The van der Waals surface area contributed by atoms with E-state index in [2.05, 4.69) is 10.6 Å². The molecule has 0 heterocycles. The average molecular weight is 316 g/mol. The lowest BCUT2D eigenvalue weighted by molar-refractivity contribution is -0.121. The molecular formula is C12H20N4O4S. The highest BCUT2D eigenvalue weighted by Gasteiger charge is 2.10. The van der Waals surface area contributed by atoms with Crippen LogP contribution in [0.3, 0.4) is 0 Å². The van der Waals surface area contributed by atoms with Gasteiger partial charge in [-0.1, -0.05) is 0 Å². The third-order valence-electron chi connectivity index (χ3n) is 2.65. The topological polar surface area (TPSA) is 137 Å². The van der Waals surface area contributed by atoms with Gasteiger partial charge in [0.2, 0.25) is 15.9 Å². The number of hydrogen-bond acceptors (Lipinski definition) is 6. The fraction of sp³-hybridized carbons (Fsp3) is 0.417. The van der Waals surface area contributed by atoms with Crippen LogP contribution in [0.4, 0.5) is 11.4 Å². The van der Waals surface area contributed by atoms with Gasteiger partial charge in [0.05, 0.1) is 22.9 Å². The molecule has 0 spiro atoms. The summed E-state index contributed by atoms with van der Waals surface area (Å²) in [6, 6.07) is 4.14. The molecule has 0 unspecified atom stereocenters. The van der Waals surface area contributed by atoms with Gasteiger partial charge in [0.15, 0.2) is 0 Å². The maximum Gasteiger partial charge on any atom is 0.238 e. The molecule has 118 valence electrons. The van der Waals surface area contributed by atoms with Crippen molar-refractivity contribution in [2.45, 2.75) is 11.3 Å². The fourth-order valence-corrected chi connectivity index (χ4v) is 2.12. The molecule has 0 saturated carbocycles. The first-order valence-corrected chi connectivity index (χ1v) is 7.81. The average Bonchev–Trinajstić information content (AvgIpc) is 2.39. The Morgan fingerprint density at radius 2 is 2.05 bits per heavy atom. The van der Waals surface area contributed by atoms with Gasteiger partial charge in [-0.25, -0.2) is 13.6 Å². The summed E-state index contributed by atoms with van der Waals surface area (Å²) in [7, 11) is -2.22. The van der Waals surface area contributed by atoms with E-state index in [9.17, 15) is 13.2 Å². The summed E-state index contributed by atoms with van der Waals surface area (Å²) in [5.74, 6) is -0.112. The number of anilines is 2. The Balaban J connectivity index is 2.48. The van der Waals surface area contributed by atoms with Crippen molar-refractivity contribution < 1.29 is 17.9 Å². The van der Waals surface area contributed by atoms with Crippen molar-refractivity contribution in [2.24, 2.45) is 5.14 Å². The first-order valence-electron chi connectivity index (χ1n) is 6.26. The summed E-state index contributed by atoms with van der Waals surface area (Å²) in [5.41, 5.74) is 6.53. The Morgan fingerprint density at radius 1 is 1.33 bits per heavy atom. The zero-order valence-electron chi connectivity index (χ0n) is 11.8. The molecular weight excluding hydrogens is 296 g/mol. The van der Waals surface area contributed by atoms with E-state index in [0.717, 1.165) is 0 Å². The molecule has 0 bridgehead atoms. The minimum atomic E-state index is -3.77. The Kier molecular flexibility index (Phi) is 6.40. The highest BCUT2D eigenvalue weighted by atomic mass is 32.2. The van der Waals surface area contributed by atoms with E-state index in [0.29, 0.717) is 25.4 Å². The van der Waals surface area contributed by atoms with Crippen LogP contribution in [0.25, 0.3) is 0 Å². The van der Waals surface area contributed by atoms with Crippen molar-refractivity contribution in [1.82, 2.24) is 5.32 Å². The third kappa shape index (κ3) is 5.98. The van der Waals surface area contributed by atoms with E-state index >= 15 is 0 Å². The smallest absolute Gasteiger partial charge is 0.238 e. The number of hydrogen-bond donors (Lipinski definition) is 4. The van der Waals surface area contributed by atoms with E-state index in [4.69, 9.17) is 15.6 Å². The molecule has 0 radical (unpaired) electrons. The predicted octanol–water partition coefficient (Wildman–Crippen LogP) is -0.519. The summed E-state index contributed by atoms with van der Waals surface area (Å²) in [4.78, 5) is 11.4. The van der Waals surface area contributed by atoms with Crippen LogP contribution in [0.15, 0.2) is 23.1 Å². The highest BCUT2D eigenvalue weighted by molar-refractivity contribution is 7.89. The predicted molar refractivity (Wildman–Crippen MR) is 80.2 cm³/mol. The van der Waals surface area contributed by atoms with Crippen LogP contribution in [0.2, 0.25) is 0 Å². The second kappa shape index (κ2) is 7.81. The third-order valence-corrected chi connectivity index (χ3v) is 3.56. The first kappa shape index (κ1) is 17.2. The van der Waals surface area contributed by atoms with E-state index in [-0.39, 0.29) is 22.9 Å². The van der Waals surface area contributed by atoms with Gasteiger partial charge in [0.25, 0.3) is 0 Å².